The minimum atomic E-state index is -3.75. The lowest BCUT2D eigenvalue weighted by Gasteiger charge is -2.10. The van der Waals surface area contributed by atoms with Gasteiger partial charge in [-0.2, -0.15) is 18.4 Å². The van der Waals surface area contributed by atoms with Crippen molar-refractivity contribution in [2.75, 3.05) is 43.6 Å². The fraction of sp³-hybridized carbons (Fsp3) is 0.286. The van der Waals surface area contributed by atoms with Crippen LogP contribution in [0.2, 0.25) is 0 Å². The number of benzene rings is 1. The van der Waals surface area contributed by atoms with Crippen LogP contribution in [0.5, 0.6) is 0 Å². The second kappa shape index (κ2) is 8.05. The molecule has 0 atom stereocenters. The molecule has 3 aromatic rings. The summed E-state index contributed by atoms with van der Waals surface area (Å²) < 4.78 is 32.5. The molecule has 12 nitrogen and oxygen atoms in total. The summed E-state index contributed by atoms with van der Waals surface area (Å²) in [4.78, 5) is 6.21. The Balaban J connectivity index is 1.76. The predicted octanol–water partition coefficient (Wildman–Crippen LogP) is 0.0655. The van der Waals surface area contributed by atoms with Crippen molar-refractivity contribution in [1.82, 2.24) is 28.4 Å². The summed E-state index contributed by atoms with van der Waals surface area (Å²) in [5.41, 5.74) is 6.54. The van der Waals surface area contributed by atoms with Gasteiger partial charge in [-0.3, -0.25) is 0 Å². The molecule has 28 heavy (non-hydrogen) atoms. The summed E-state index contributed by atoms with van der Waals surface area (Å²) in [5.74, 6) is 1.37. The fourth-order valence-electron chi connectivity index (χ4n) is 2.22. The van der Waals surface area contributed by atoms with Gasteiger partial charge in [-0.05, 0) is 38.4 Å². The van der Waals surface area contributed by atoms with E-state index >= 15 is 0 Å². The molecule has 0 amide bonds. The lowest BCUT2D eigenvalue weighted by atomic mass is 10.3. The highest BCUT2D eigenvalue weighted by molar-refractivity contribution is 7.89. The number of nitrogen functional groups attached to an aromatic ring is 1. The molecular formula is C14H20N10O2S2. The van der Waals surface area contributed by atoms with Crippen molar-refractivity contribution in [2.24, 2.45) is 5.14 Å². The number of nitrogens with two attached hydrogens (primary N) is 2. The summed E-state index contributed by atoms with van der Waals surface area (Å²) in [6.07, 6.45) is 0. The lowest BCUT2D eigenvalue weighted by molar-refractivity contribution is 0.425. The summed E-state index contributed by atoms with van der Waals surface area (Å²) in [6.45, 7) is 1.51. The van der Waals surface area contributed by atoms with Crippen LogP contribution in [0.1, 0.15) is 0 Å². The normalized spacial score (nSPS) is 11.7. The van der Waals surface area contributed by atoms with Crippen LogP contribution in [0.25, 0.3) is 5.82 Å². The number of aromatic nitrogens is 5. The Hall–Kier alpha value is -2.81. The van der Waals surface area contributed by atoms with Gasteiger partial charge in [-0.15, -0.1) is 5.10 Å². The third-order valence-corrected chi connectivity index (χ3v) is 5.04. The number of hydrogen-bond donors (Lipinski definition) is 4. The van der Waals surface area contributed by atoms with E-state index in [1.807, 2.05) is 19.0 Å². The number of sulfonamides is 1. The van der Waals surface area contributed by atoms with Crippen molar-refractivity contribution < 1.29 is 8.42 Å². The average molecular weight is 425 g/mol. The molecule has 0 unspecified atom stereocenters. The van der Waals surface area contributed by atoms with Crippen molar-refractivity contribution in [3.8, 4) is 5.82 Å². The lowest BCUT2D eigenvalue weighted by Crippen LogP contribution is -2.21. The van der Waals surface area contributed by atoms with Crippen molar-refractivity contribution in [1.29, 1.82) is 0 Å². The van der Waals surface area contributed by atoms with E-state index in [0.717, 1.165) is 18.3 Å². The maximum absolute atomic E-state index is 11.3. The number of rotatable bonds is 8. The maximum atomic E-state index is 11.3. The zero-order chi connectivity index (χ0) is 20.3. The van der Waals surface area contributed by atoms with Gasteiger partial charge in [-0.1, -0.05) is 0 Å². The second-order valence-electron chi connectivity index (χ2n) is 6.07. The van der Waals surface area contributed by atoms with Gasteiger partial charge >= 0.3 is 0 Å². The van der Waals surface area contributed by atoms with Crippen LogP contribution in [0, 0.1) is 0 Å². The van der Waals surface area contributed by atoms with Crippen LogP contribution in [0.15, 0.2) is 29.2 Å². The molecule has 2 aromatic heterocycles. The van der Waals surface area contributed by atoms with Crippen LogP contribution in [-0.4, -0.2) is 64.0 Å². The van der Waals surface area contributed by atoms with E-state index in [0.29, 0.717) is 23.9 Å². The molecule has 150 valence electrons. The Bertz CT molecular complexity index is 1040. The molecule has 0 spiro atoms. The molecule has 6 N–H and O–H groups in total. The van der Waals surface area contributed by atoms with Crippen molar-refractivity contribution in [2.45, 2.75) is 4.90 Å². The number of likely N-dealkylation sites (N-methyl/N-ethyl adjacent to an activating group) is 1. The predicted molar refractivity (Wildman–Crippen MR) is 107 cm³/mol. The topological polar surface area (TPSA) is 170 Å². The number of primary sulfonamides is 1. The molecule has 14 heteroatoms. The largest absolute Gasteiger partial charge is 0.368 e. The first-order chi connectivity index (χ1) is 13.2. The van der Waals surface area contributed by atoms with E-state index in [2.05, 4.69) is 29.5 Å². The van der Waals surface area contributed by atoms with Crippen LogP contribution in [-0.2, 0) is 10.0 Å². The van der Waals surface area contributed by atoms with Gasteiger partial charge in [0.05, 0.1) is 16.6 Å². The molecular weight excluding hydrogens is 404 g/mol. The Morgan fingerprint density at radius 1 is 1.21 bits per heavy atom. The Labute approximate surface area is 165 Å². The molecule has 0 aliphatic rings. The third-order valence-electron chi connectivity index (χ3n) is 3.59. The van der Waals surface area contributed by atoms with Crippen LogP contribution in [0.4, 0.5) is 23.4 Å². The van der Waals surface area contributed by atoms with Crippen molar-refractivity contribution >= 4 is 45.2 Å². The first-order valence-corrected chi connectivity index (χ1v) is 10.4. The first kappa shape index (κ1) is 19.9. The zero-order valence-corrected chi connectivity index (χ0v) is 16.8. The molecule has 0 saturated heterocycles. The van der Waals surface area contributed by atoms with E-state index in [-0.39, 0.29) is 16.8 Å². The summed E-state index contributed by atoms with van der Waals surface area (Å²) in [7, 11) is 0.204. The van der Waals surface area contributed by atoms with E-state index in [1.54, 1.807) is 12.1 Å². The zero-order valence-electron chi connectivity index (χ0n) is 15.2. The fourth-order valence-corrected chi connectivity index (χ4v) is 3.25. The molecule has 2 heterocycles. The van der Waals surface area contributed by atoms with E-state index in [1.165, 1.54) is 16.8 Å². The average Bonchev–Trinajstić information content (AvgIpc) is 3.20. The molecule has 0 aliphatic heterocycles. The number of anilines is 4. The van der Waals surface area contributed by atoms with Gasteiger partial charge in [0.2, 0.25) is 27.7 Å². The highest BCUT2D eigenvalue weighted by Gasteiger charge is 2.17. The van der Waals surface area contributed by atoms with Crippen molar-refractivity contribution in [3.63, 3.8) is 0 Å². The summed E-state index contributed by atoms with van der Waals surface area (Å²) in [5, 5.41) is 15.5. The third kappa shape index (κ3) is 4.72. The molecule has 0 fully saturated rings. The Morgan fingerprint density at radius 3 is 2.57 bits per heavy atom. The molecule has 0 saturated carbocycles. The molecule has 0 aliphatic carbocycles. The van der Waals surface area contributed by atoms with Crippen LogP contribution < -0.4 is 21.5 Å². The summed E-state index contributed by atoms with van der Waals surface area (Å²) in [6, 6.07) is 5.87. The minimum absolute atomic E-state index is 0.0121. The van der Waals surface area contributed by atoms with Crippen molar-refractivity contribution in [3.05, 3.63) is 24.3 Å². The Kier molecular flexibility index (Phi) is 5.73. The number of nitrogens with one attached hydrogen (secondary N) is 2. The minimum Gasteiger partial charge on any atom is -0.368 e. The second-order valence-corrected chi connectivity index (χ2v) is 8.16. The monoisotopic (exact) mass is 424 g/mol. The molecule has 3 rings (SSSR count). The van der Waals surface area contributed by atoms with Crippen LogP contribution >= 0.6 is 11.7 Å². The smallest absolute Gasteiger partial charge is 0.248 e. The van der Waals surface area contributed by atoms with Crippen LogP contribution in [0.3, 0.4) is 0 Å². The molecule has 1 aromatic carbocycles. The van der Waals surface area contributed by atoms with Gasteiger partial charge in [0.25, 0.3) is 0 Å². The highest BCUT2D eigenvalue weighted by atomic mass is 32.2. The summed E-state index contributed by atoms with van der Waals surface area (Å²) >= 11 is 1.04. The Morgan fingerprint density at radius 2 is 1.93 bits per heavy atom. The van der Waals surface area contributed by atoms with Gasteiger partial charge < -0.3 is 21.3 Å². The maximum Gasteiger partial charge on any atom is 0.248 e. The standard InChI is InChI=1S/C14H20N10O2S2/c1-23(2)8-7-17-11-12(22-27-21-11)24-13(15)19-14(20-24)18-9-3-5-10(6-4-9)28(16,25)26/h3-6H,7-8H2,1-2H3,(H,17,21)(H2,16,25,26)(H3,15,18,19,20). The first-order valence-electron chi connectivity index (χ1n) is 8.08. The van der Waals surface area contributed by atoms with Gasteiger partial charge in [0.15, 0.2) is 5.82 Å². The number of hydrogen-bond acceptors (Lipinski definition) is 11. The quantitative estimate of drug-likeness (QED) is 0.388. The SMILES string of the molecule is CN(C)CCNc1nsnc1-n1nc(Nc2ccc(S(N)(=O)=O)cc2)nc1N. The molecule has 0 bridgehead atoms. The van der Waals surface area contributed by atoms with Gasteiger partial charge in [0, 0.05) is 18.8 Å². The van der Waals surface area contributed by atoms with Gasteiger partial charge in [0.1, 0.15) is 0 Å². The number of nitrogens with zero attached hydrogens (tertiary/aromatic N) is 6. The molecule has 0 radical (unpaired) electrons. The highest BCUT2D eigenvalue weighted by Crippen LogP contribution is 2.22. The van der Waals surface area contributed by atoms with E-state index in [9.17, 15) is 8.42 Å². The van der Waals surface area contributed by atoms with Gasteiger partial charge in [-0.25, -0.2) is 13.6 Å². The van der Waals surface area contributed by atoms with E-state index < -0.39 is 10.0 Å². The van der Waals surface area contributed by atoms with E-state index in [4.69, 9.17) is 10.9 Å².